The highest BCUT2D eigenvalue weighted by atomic mass is 79.9. The highest BCUT2D eigenvalue weighted by Gasteiger charge is 2.56. The van der Waals surface area contributed by atoms with Crippen LogP contribution < -0.4 is 9.47 Å². The second kappa shape index (κ2) is 4.74. The third kappa shape index (κ3) is 1.83. The topological polar surface area (TPSA) is 55.8 Å². The Kier molecular flexibility index (Phi) is 3.04. The van der Waals surface area contributed by atoms with Gasteiger partial charge in [-0.3, -0.25) is 0 Å². The number of nitrogens with zero attached hydrogens (tertiary/aromatic N) is 1. The Hall–Kier alpha value is -0.570. The normalized spacial score (nSPS) is 38.7. The smallest absolute Gasteiger partial charge is 0.245 e. The number of sulfonamides is 1. The van der Waals surface area contributed by atoms with E-state index in [1.807, 2.05) is 6.07 Å². The highest BCUT2D eigenvalue weighted by molar-refractivity contribution is 9.09. The molecule has 0 amide bonds. The van der Waals surface area contributed by atoms with Crippen molar-refractivity contribution in [3.05, 3.63) is 29.3 Å². The summed E-state index contributed by atoms with van der Waals surface area (Å²) in [6.07, 6.45) is 3.95. The lowest BCUT2D eigenvalue weighted by atomic mass is 9.85. The van der Waals surface area contributed by atoms with Crippen molar-refractivity contribution in [3.63, 3.8) is 0 Å². The quantitative estimate of drug-likeness (QED) is 0.337. The van der Waals surface area contributed by atoms with Crippen LogP contribution in [-0.2, 0) is 10.0 Å². The zero-order chi connectivity index (χ0) is 15.9. The molecule has 3 heterocycles. The molecule has 122 valence electrons. The van der Waals surface area contributed by atoms with Crippen LogP contribution in [0.3, 0.4) is 0 Å². The number of halogens is 2. The molecular formula is C15H13Br2NO4S. The van der Waals surface area contributed by atoms with Crippen LogP contribution in [0.15, 0.2) is 28.7 Å². The van der Waals surface area contributed by atoms with Crippen LogP contribution in [0.4, 0.5) is 0 Å². The van der Waals surface area contributed by atoms with Crippen LogP contribution in [0.25, 0.3) is 0 Å². The number of rotatable bonds is 0. The van der Waals surface area contributed by atoms with Gasteiger partial charge in [0.25, 0.3) is 0 Å². The molecule has 23 heavy (non-hydrogen) atoms. The maximum Gasteiger partial charge on any atom is 0.245 e. The number of alkyl halides is 2. The molecule has 1 unspecified atom stereocenters. The van der Waals surface area contributed by atoms with Crippen molar-refractivity contribution >= 4 is 41.9 Å². The summed E-state index contributed by atoms with van der Waals surface area (Å²) in [5.41, 5.74) is 1.99. The maximum absolute atomic E-state index is 13.2. The lowest BCUT2D eigenvalue weighted by Gasteiger charge is -2.32. The predicted molar refractivity (Wildman–Crippen MR) is 90.9 cm³/mol. The molecule has 4 aliphatic rings. The number of hydrogen-bond acceptors (Lipinski definition) is 4. The van der Waals surface area contributed by atoms with Crippen LogP contribution in [0.1, 0.15) is 24.3 Å². The van der Waals surface area contributed by atoms with E-state index < -0.39 is 10.0 Å². The van der Waals surface area contributed by atoms with Crippen LogP contribution in [0.2, 0.25) is 0 Å². The van der Waals surface area contributed by atoms with Crippen LogP contribution in [-0.4, -0.2) is 35.3 Å². The molecule has 5 atom stereocenters. The number of ether oxygens (including phenoxy) is 2. The summed E-state index contributed by atoms with van der Waals surface area (Å²) in [4.78, 5) is 0.410. The zero-order valence-corrected chi connectivity index (χ0v) is 15.9. The zero-order valence-electron chi connectivity index (χ0n) is 11.9. The van der Waals surface area contributed by atoms with Crippen molar-refractivity contribution in [1.29, 1.82) is 0 Å². The van der Waals surface area contributed by atoms with Crippen LogP contribution in [0.5, 0.6) is 11.5 Å². The average molecular weight is 463 g/mol. The van der Waals surface area contributed by atoms with Gasteiger partial charge in [0.1, 0.15) is 0 Å². The maximum atomic E-state index is 13.2. The molecule has 1 fully saturated rings. The number of fused-ring (bicyclic) bond motifs is 8. The summed E-state index contributed by atoms with van der Waals surface area (Å²) in [6, 6.07) is 3.40. The van der Waals surface area contributed by atoms with Crippen molar-refractivity contribution in [2.75, 3.05) is 6.79 Å². The Labute approximate surface area is 150 Å². The minimum absolute atomic E-state index is 0.0216. The molecule has 8 heteroatoms. The van der Waals surface area contributed by atoms with E-state index in [0.717, 1.165) is 18.4 Å². The van der Waals surface area contributed by atoms with Crippen LogP contribution >= 0.6 is 31.9 Å². The van der Waals surface area contributed by atoms with Gasteiger partial charge >= 0.3 is 0 Å². The van der Waals surface area contributed by atoms with Crippen molar-refractivity contribution in [2.45, 2.75) is 39.5 Å². The largest absolute Gasteiger partial charge is 0.454 e. The molecule has 1 aromatic rings. The molecule has 2 bridgehead atoms. The van der Waals surface area contributed by atoms with E-state index in [4.69, 9.17) is 9.47 Å². The summed E-state index contributed by atoms with van der Waals surface area (Å²) in [5.74, 6) is 1.16. The summed E-state index contributed by atoms with van der Waals surface area (Å²) in [6.45, 7) is 0.138. The van der Waals surface area contributed by atoms with E-state index >= 15 is 0 Å². The van der Waals surface area contributed by atoms with Gasteiger partial charge in [0, 0.05) is 22.9 Å². The monoisotopic (exact) mass is 461 g/mol. The molecule has 5 nitrogen and oxygen atoms in total. The van der Waals surface area contributed by atoms with Gasteiger partial charge in [0.05, 0.1) is 9.85 Å². The number of allylic oxidation sites excluding steroid dienone is 1. The van der Waals surface area contributed by atoms with Gasteiger partial charge in [-0.05, 0) is 30.0 Å². The molecule has 0 saturated carbocycles. The van der Waals surface area contributed by atoms with Crippen molar-refractivity contribution < 1.29 is 17.9 Å². The van der Waals surface area contributed by atoms with Gasteiger partial charge in [-0.1, -0.05) is 37.9 Å². The van der Waals surface area contributed by atoms with Crippen molar-refractivity contribution in [1.82, 2.24) is 4.31 Å². The second-order valence-corrected chi connectivity index (χ2v) is 10.1. The summed E-state index contributed by atoms with van der Waals surface area (Å²) in [7, 11) is -3.56. The lowest BCUT2D eigenvalue weighted by Crippen LogP contribution is -2.42. The summed E-state index contributed by atoms with van der Waals surface area (Å²) in [5, 5.41) is 0. The molecule has 0 radical (unpaired) electrons. The summed E-state index contributed by atoms with van der Waals surface area (Å²) >= 11 is 7.29. The minimum Gasteiger partial charge on any atom is -0.454 e. The minimum atomic E-state index is -3.56. The number of hydrogen-bond donors (Lipinski definition) is 0. The fourth-order valence-electron chi connectivity index (χ4n) is 4.10. The third-order valence-electron chi connectivity index (χ3n) is 5.05. The average Bonchev–Trinajstić information content (AvgIpc) is 3.04. The molecule has 0 spiro atoms. The first kappa shape index (κ1) is 14.7. The molecule has 0 aromatic heterocycles. The summed E-state index contributed by atoms with van der Waals surface area (Å²) < 4.78 is 38.8. The second-order valence-electron chi connectivity index (χ2n) is 6.20. The van der Waals surface area contributed by atoms with E-state index in [9.17, 15) is 8.42 Å². The molecule has 5 rings (SSSR count). The molecule has 1 aliphatic carbocycles. The standard InChI is InChI=1S/C15H13Br2NO4S/c16-7-1-2-10-8(3-7)14-9-4-11-12(22-6-21-11)5-13(9)23(19,20)18(10)15(14)17/h3-5,7,10,14-15H,1-2,6H2/t7-,10+,14-,15+/m0/s1. The van der Waals surface area contributed by atoms with E-state index in [1.54, 1.807) is 10.4 Å². The SMILES string of the molecule is O=S1(=O)c2cc3c(cc2[C@@H]2C4=C[C@@H](Br)CC[C@H]4N1[C@H]2Br)OCO3. The van der Waals surface area contributed by atoms with Crippen molar-refractivity contribution in [3.8, 4) is 11.5 Å². The molecule has 1 saturated heterocycles. The molecule has 1 aromatic carbocycles. The van der Waals surface area contributed by atoms with Gasteiger partial charge in [-0.15, -0.1) is 0 Å². The predicted octanol–water partition coefficient (Wildman–Crippen LogP) is 3.09. The van der Waals surface area contributed by atoms with E-state index in [-0.39, 0.29) is 23.7 Å². The van der Waals surface area contributed by atoms with Crippen LogP contribution in [0, 0.1) is 0 Å². The van der Waals surface area contributed by atoms with Gasteiger partial charge in [0.15, 0.2) is 11.5 Å². The Bertz CT molecular complexity index is 853. The Morgan fingerprint density at radius 1 is 1.13 bits per heavy atom. The Balaban J connectivity index is 1.80. The van der Waals surface area contributed by atoms with E-state index in [2.05, 4.69) is 37.9 Å². The first-order chi connectivity index (χ1) is 11.0. The Morgan fingerprint density at radius 2 is 1.87 bits per heavy atom. The molecule has 0 N–H and O–H groups in total. The first-order valence-electron chi connectivity index (χ1n) is 7.45. The molecule has 3 aliphatic heterocycles. The fourth-order valence-corrected chi connectivity index (χ4v) is 8.12. The third-order valence-corrected chi connectivity index (χ3v) is 8.96. The molecular weight excluding hydrogens is 450 g/mol. The van der Waals surface area contributed by atoms with E-state index in [1.165, 1.54) is 5.57 Å². The lowest BCUT2D eigenvalue weighted by molar-refractivity contribution is 0.174. The Morgan fingerprint density at radius 3 is 2.65 bits per heavy atom. The fraction of sp³-hybridized carbons (Fsp3) is 0.467. The van der Waals surface area contributed by atoms with Gasteiger partial charge in [-0.25, -0.2) is 8.42 Å². The first-order valence-corrected chi connectivity index (χ1v) is 10.7. The van der Waals surface area contributed by atoms with Gasteiger partial charge in [0.2, 0.25) is 16.8 Å². The van der Waals surface area contributed by atoms with Gasteiger partial charge < -0.3 is 9.47 Å². The number of benzene rings is 1. The highest BCUT2D eigenvalue weighted by Crippen LogP contribution is 2.57. The van der Waals surface area contributed by atoms with Crippen molar-refractivity contribution in [2.24, 2.45) is 0 Å². The van der Waals surface area contributed by atoms with Gasteiger partial charge in [-0.2, -0.15) is 4.31 Å². The van der Waals surface area contributed by atoms with E-state index in [0.29, 0.717) is 21.2 Å².